The third kappa shape index (κ3) is 7.29. The van der Waals surface area contributed by atoms with Crippen molar-refractivity contribution >= 4 is 23.3 Å². The molecule has 1 rings (SSSR count). The fourth-order valence-corrected chi connectivity index (χ4v) is 1.61. The first-order valence-corrected chi connectivity index (χ1v) is 6.21. The molecule has 1 aliphatic heterocycles. The second-order valence-electron chi connectivity index (χ2n) is 4.11. The number of ether oxygens (including phenoxy) is 2. The topological polar surface area (TPSA) is 59.6 Å². The van der Waals surface area contributed by atoms with Crippen molar-refractivity contribution in [1.29, 1.82) is 0 Å². The summed E-state index contributed by atoms with van der Waals surface area (Å²) in [6.45, 7) is 0.429. The Morgan fingerprint density at radius 3 is 2.70 bits per heavy atom. The summed E-state index contributed by atoms with van der Waals surface area (Å²) in [6.07, 6.45) is -1.30. The van der Waals surface area contributed by atoms with Crippen LogP contribution in [0.3, 0.4) is 0 Å². The van der Waals surface area contributed by atoms with Gasteiger partial charge in [-0.15, -0.1) is 0 Å². The molecule has 2 atom stereocenters. The summed E-state index contributed by atoms with van der Waals surface area (Å²) in [7, 11) is 0. The molecular weight excluding hydrogens is 297 g/mol. The largest absolute Gasteiger partial charge is 0.463 e. The van der Waals surface area contributed by atoms with Crippen molar-refractivity contribution in [3.63, 3.8) is 0 Å². The van der Waals surface area contributed by atoms with Gasteiger partial charge in [0, 0.05) is 6.92 Å². The van der Waals surface area contributed by atoms with Crippen molar-refractivity contribution < 1.29 is 27.4 Å². The van der Waals surface area contributed by atoms with Gasteiger partial charge in [-0.05, 0) is 12.2 Å². The summed E-state index contributed by atoms with van der Waals surface area (Å²) in [5.41, 5.74) is 0. The Hall–Kier alpha value is -1.35. The molecule has 5 nitrogen and oxygen atoms in total. The lowest BCUT2D eigenvalue weighted by Gasteiger charge is -2.25. The van der Waals surface area contributed by atoms with E-state index in [1.807, 2.05) is 0 Å². The van der Waals surface area contributed by atoms with Crippen molar-refractivity contribution in [2.24, 2.45) is 0 Å². The highest BCUT2D eigenvalue weighted by Gasteiger charge is 2.27. The number of esters is 1. The van der Waals surface area contributed by atoms with E-state index in [2.05, 4.69) is 10.6 Å². The molecule has 0 radical (unpaired) electrons. The van der Waals surface area contributed by atoms with Gasteiger partial charge >= 0.3 is 12.1 Å². The monoisotopic (exact) mass is 312 g/mol. The van der Waals surface area contributed by atoms with Crippen LogP contribution < -0.4 is 10.6 Å². The zero-order valence-electron chi connectivity index (χ0n) is 10.7. The molecule has 1 aliphatic rings. The molecule has 20 heavy (non-hydrogen) atoms. The standard InChI is InChI=1S/C11H15F3N2O3S/c1-7(17)18-5-9-3-2-8(4-19-9)16-10(20)15-6-11(12,13)14/h2-3,8-9H,4-6H2,1H3,(H2,15,16,20)/t8-,9-/m1/s1. The fourth-order valence-electron chi connectivity index (χ4n) is 1.39. The Morgan fingerprint density at radius 2 is 2.20 bits per heavy atom. The second kappa shape index (κ2) is 7.44. The smallest absolute Gasteiger partial charge is 0.405 e. The van der Waals surface area contributed by atoms with Crippen LogP contribution in [0.4, 0.5) is 13.2 Å². The summed E-state index contributed by atoms with van der Waals surface area (Å²) >= 11 is 4.74. The Bertz CT molecular complexity index is 388. The van der Waals surface area contributed by atoms with Gasteiger partial charge in [-0.3, -0.25) is 4.79 Å². The molecule has 0 aromatic heterocycles. The first kappa shape index (κ1) is 16.7. The maximum absolute atomic E-state index is 12.0. The average Bonchev–Trinajstić information content (AvgIpc) is 2.35. The number of hydrogen-bond donors (Lipinski definition) is 2. The number of thiocarbonyl (C=S) groups is 1. The molecule has 114 valence electrons. The van der Waals surface area contributed by atoms with E-state index < -0.39 is 18.7 Å². The van der Waals surface area contributed by atoms with E-state index in [4.69, 9.17) is 21.7 Å². The molecule has 9 heteroatoms. The van der Waals surface area contributed by atoms with Crippen LogP contribution in [0.15, 0.2) is 12.2 Å². The normalized spacial score (nSPS) is 22.2. The van der Waals surface area contributed by atoms with Gasteiger partial charge in [-0.25, -0.2) is 0 Å². The van der Waals surface area contributed by atoms with E-state index in [0.717, 1.165) is 0 Å². The zero-order valence-corrected chi connectivity index (χ0v) is 11.5. The molecule has 0 aromatic rings. The number of alkyl halides is 3. The average molecular weight is 312 g/mol. The Balaban J connectivity index is 2.28. The second-order valence-corrected chi connectivity index (χ2v) is 4.52. The molecule has 0 bridgehead atoms. The van der Waals surface area contributed by atoms with Crippen LogP contribution in [0.25, 0.3) is 0 Å². The van der Waals surface area contributed by atoms with E-state index in [9.17, 15) is 18.0 Å². The minimum atomic E-state index is -4.32. The minimum absolute atomic E-state index is 0.0981. The number of hydrogen-bond acceptors (Lipinski definition) is 4. The van der Waals surface area contributed by atoms with Gasteiger partial charge in [0.05, 0.1) is 12.6 Å². The molecule has 0 spiro atoms. The quantitative estimate of drug-likeness (QED) is 0.457. The summed E-state index contributed by atoms with van der Waals surface area (Å²) < 4.78 is 46.0. The molecule has 0 saturated heterocycles. The van der Waals surface area contributed by atoms with Crippen LogP contribution in [0, 0.1) is 0 Å². The number of halogens is 3. The molecule has 0 fully saturated rings. The van der Waals surface area contributed by atoms with Gasteiger partial charge in [0.2, 0.25) is 0 Å². The predicted octanol–water partition coefficient (Wildman–Crippen LogP) is 0.899. The maximum Gasteiger partial charge on any atom is 0.405 e. The van der Waals surface area contributed by atoms with Crippen molar-refractivity contribution in [1.82, 2.24) is 10.6 Å². The van der Waals surface area contributed by atoms with Gasteiger partial charge in [0.15, 0.2) is 5.11 Å². The van der Waals surface area contributed by atoms with E-state index in [0.29, 0.717) is 0 Å². The van der Waals surface area contributed by atoms with Crippen LogP contribution in [0.2, 0.25) is 0 Å². The first-order valence-electron chi connectivity index (χ1n) is 5.80. The summed E-state index contributed by atoms with van der Waals surface area (Å²) in [6, 6.07) is -0.322. The Labute approximate surface area is 119 Å². The van der Waals surface area contributed by atoms with Crippen LogP contribution in [-0.4, -0.2) is 49.2 Å². The van der Waals surface area contributed by atoms with Crippen molar-refractivity contribution in [2.45, 2.75) is 25.2 Å². The van der Waals surface area contributed by atoms with Gasteiger partial charge < -0.3 is 20.1 Å². The third-order valence-electron chi connectivity index (χ3n) is 2.26. The number of rotatable bonds is 4. The van der Waals surface area contributed by atoms with E-state index >= 15 is 0 Å². The van der Waals surface area contributed by atoms with Crippen LogP contribution in [0.1, 0.15) is 6.92 Å². The molecule has 0 saturated carbocycles. The van der Waals surface area contributed by atoms with Crippen molar-refractivity contribution in [3.8, 4) is 0 Å². The van der Waals surface area contributed by atoms with Crippen LogP contribution in [-0.2, 0) is 14.3 Å². The molecule has 0 aromatic carbocycles. The van der Waals surface area contributed by atoms with E-state index in [1.54, 1.807) is 12.2 Å². The summed E-state index contributed by atoms with van der Waals surface area (Å²) in [5.74, 6) is -0.403. The summed E-state index contributed by atoms with van der Waals surface area (Å²) in [5, 5.41) is 4.64. The highest BCUT2D eigenvalue weighted by Crippen LogP contribution is 2.12. The molecule has 0 amide bonds. The lowest BCUT2D eigenvalue weighted by atomic mass is 10.2. The van der Waals surface area contributed by atoms with Gasteiger partial charge in [-0.1, -0.05) is 12.2 Å². The Kier molecular flexibility index (Phi) is 6.21. The SMILES string of the molecule is CC(=O)OC[C@H]1C=C[C@@H](NC(=S)NCC(F)(F)F)CO1. The first-order chi connectivity index (χ1) is 9.26. The number of nitrogens with one attached hydrogen (secondary N) is 2. The number of carbonyl (C=O) groups excluding carboxylic acids is 1. The van der Waals surface area contributed by atoms with Gasteiger partial charge in [-0.2, -0.15) is 13.2 Å². The highest BCUT2D eigenvalue weighted by molar-refractivity contribution is 7.80. The minimum Gasteiger partial charge on any atom is -0.463 e. The lowest BCUT2D eigenvalue weighted by molar-refractivity contribution is -0.144. The van der Waals surface area contributed by atoms with E-state index in [-0.39, 0.29) is 30.5 Å². The zero-order chi connectivity index (χ0) is 15.2. The maximum atomic E-state index is 12.0. The molecular formula is C11H15F3N2O3S. The molecule has 0 unspecified atom stereocenters. The fraction of sp³-hybridized carbons (Fsp3) is 0.636. The van der Waals surface area contributed by atoms with Gasteiger partial charge in [0.25, 0.3) is 0 Å². The van der Waals surface area contributed by atoms with Crippen LogP contribution >= 0.6 is 12.2 Å². The van der Waals surface area contributed by atoms with Gasteiger partial charge in [0.1, 0.15) is 19.3 Å². The van der Waals surface area contributed by atoms with Crippen LogP contribution in [0.5, 0.6) is 0 Å². The Morgan fingerprint density at radius 1 is 1.50 bits per heavy atom. The highest BCUT2D eigenvalue weighted by atomic mass is 32.1. The van der Waals surface area contributed by atoms with Crippen molar-refractivity contribution in [2.75, 3.05) is 19.8 Å². The molecule has 0 aliphatic carbocycles. The third-order valence-corrected chi connectivity index (χ3v) is 2.53. The molecule has 2 N–H and O–H groups in total. The lowest BCUT2D eigenvalue weighted by Crippen LogP contribution is -2.47. The van der Waals surface area contributed by atoms with E-state index in [1.165, 1.54) is 6.92 Å². The van der Waals surface area contributed by atoms with Crippen molar-refractivity contribution in [3.05, 3.63) is 12.2 Å². The predicted molar refractivity (Wildman–Crippen MR) is 69.1 cm³/mol. The number of carbonyl (C=O) groups is 1. The summed E-state index contributed by atoms with van der Waals surface area (Å²) in [4.78, 5) is 10.6. The molecule has 1 heterocycles.